The maximum atomic E-state index is 12.2. The molecule has 3 aromatic carbocycles. The van der Waals surface area contributed by atoms with Crippen LogP contribution in [0.1, 0.15) is 5.56 Å². The average Bonchev–Trinajstić information content (AvgIpc) is 3.22. The molecule has 4 aromatic rings. The third-order valence-electron chi connectivity index (χ3n) is 4.45. The number of benzene rings is 3. The highest BCUT2D eigenvalue weighted by molar-refractivity contribution is 7.80. The van der Waals surface area contributed by atoms with Gasteiger partial charge in [-0.3, -0.25) is 10.1 Å². The summed E-state index contributed by atoms with van der Waals surface area (Å²) in [5, 5.41) is 6.79. The topological polar surface area (TPSA) is 63.2 Å². The molecule has 0 bridgehead atoms. The minimum atomic E-state index is -0.317. The van der Waals surface area contributed by atoms with Crippen molar-refractivity contribution in [3.05, 3.63) is 84.4 Å². The van der Waals surface area contributed by atoms with Crippen LogP contribution in [0.25, 0.3) is 26.9 Å². The van der Waals surface area contributed by atoms with Crippen LogP contribution in [0.3, 0.4) is 0 Å². The molecular formula is C24H19N3O2S2. The predicted octanol–water partition coefficient (Wildman–Crippen LogP) is 5.50. The molecule has 4 rings (SSSR count). The summed E-state index contributed by atoms with van der Waals surface area (Å²) in [5.74, 6) is 0.295. The number of nitrogens with zero attached hydrogens (tertiary/aromatic N) is 1. The first-order valence-corrected chi connectivity index (χ1v) is 10.7. The van der Waals surface area contributed by atoms with E-state index >= 15 is 0 Å². The highest BCUT2D eigenvalue weighted by Crippen LogP contribution is 2.34. The van der Waals surface area contributed by atoms with Crippen LogP contribution in [0.2, 0.25) is 0 Å². The van der Waals surface area contributed by atoms with Gasteiger partial charge in [-0.25, -0.2) is 4.98 Å². The number of rotatable bonds is 5. The van der Waals surface area contributed by atoms with Gasteiger partial charge in [0, 0.05) is 11.6 Å². The summed E-state index contributed by atoms with van der Waals surface area (Å²) < 4.78 is 6.56. The van der Waals surface area contributed by atoms with E-state index in [1.165, 1.54) is 6.08 Å². The molecule has 154 valence electrons. The van der Waals surface area contributed by atoms with E-state index in [-0.39, 0.29) is 11.0 Å². The Morgan fingerprint density at radius 1 is 1.06 bits per heavy atom. The number of amides is 1. The Bertz CT molecular complexity index is 1230. The second-order valence-electron chi connectivity index (χ2n) is 6.59. The molecule has 0 atom stereocenters. The fourth-order valence-corrected chi connectivity index (χ4v) is 4.15. The first-order valence-electron chi connectivity index (χ1n) is 9.51. The molecule has 0 aliphatic carbocycles. The molecule has 1 heterocycles. The van der Waals surface area contributed by atoms with Crippen molar-refractivity contribution in [3.63, 3.8) is 0 Å². The Morgan fingerprint density at radius 3 is 2.61 bits per heavy atom. The molecule has 0 aliphatic rings. The molecule has 5 nitrogen and oxygen atoms in total. The normalized spacial score (nSPS) is 10.9. The molecule has 2 N–H and O–H groups in total. The predicted molar refractivity (Wildman–Crippen MR) is 131 cm³/mol. The molecule has 7 heteroatoms. The average molecular weight is 446 g/mol. The number of fused-ring (bicyclic) bond motifs is 1. The van der Waals surface area contributed by atoms with Gasteiger partial charge in [0.15, 0.2) is 5.11 Å². The van der Waals surface area contributed by atoms with Crippen LogP contribution in [0.4, 0.5) is 5.69 Å². The minimum absolute atomic E-state index is 0.183. The van der Waals surface area contributed by atoms with E-state index in [0.29, 0.717) is 11.4 Å². The van der Waals surface area contributed by atoms with Gasteiger partial charge in [0.05, 0.1) is 23.0 Å². The van der Waals surface area contributed by atoms with Gasteiger partial charge >= 0.3 is 0 Å². The minimum Gasteiger partial charge on any atom is -0.495 e. The largest absolute Gasteiger partial charge is 0.495 e. The van der Waals surface area contributed by atoms with Crippen LogP contribution < -0.4 is 15.4 Å². The summed E-state index contributed by atoms with van der Waals surface area (Å²) in [6.45, 7) is 0. The van der Waals surface area contributed by atoms with Crippen LogP contribution in [0.15, 0.2) is 78.9 Å². The Hall–Kier alpha value is -3.55. The van der Waals surface area contributed by atoms with Crippen LogP contribution in [-0.2, 0) is 4.79 Å². The lowest BCUT2D eigenvalue weighted by molar-refractivity contribution is -0.115. The van der Waals surface area contributed by atoms with Gasteiger partial charge in [-0.15, -0.1) is 11.3 Å². The first kappa shape index (κ1) is 20.7. The van der Waals surface area contributed by atoms with Crippen molar-refractivity contribution in [1.29, 1.82) is 0 Å². The van der Waals surface area contributed by atoms with E-state index in [1.807, 2.05) is 72.8 Å². The third-order valence-corrected chi connectivity index (χ3v) is 5.74. The van der Waals surface area contributed by atoms with Gasteiger partial charge in [-0.1, -0.05) is 42.5 Å². The lowest BCUT2D eigenvalue weighted by atomic mass is 10.2. The van der Waals surface area contributed by atoms with Crippen LogP contribution >= 0.6 is 23.6 Å². The van der Waals surface area contributed by atoms with Gasteiger partial charge in [-0.2, -0.15) is 0 Å². The Labute approximate surface area is 189 Å². The second-order valence-corrected chi connectivity index (χ2v) is 8.03. The number of ether oxygens (including phenoxy) is 1. The van der Waals surface area contributed by atoms with E-state index in [1.54, 1.807) is 24.5 Å². The van der Waals surface area contributed by atoms with Crippen molar-refractivity contribution in [2.45, 2.75) is 0 Å². The summed E-state index contributed by atoms with van der Waals surface area (Å²) in [6, 6.07) is 23.3. The lowest BCUT2D eigenvalue weighted by Gasteiger charge is -2.13. The number of hydrogen-bond acceptors (Lipinski definition) is 5. The number of carbonyl (C=O) groups is 1. The quantitative estimate of drug-likeness (QED) is 0.314. The second kappa shape index (κ2) is 9.51. The number of methoxy groups -OCH3 is 1. The molecule has 0 aliphatic heterocycles. The summed E-state index contributed by atoms with van der Waals surface area (Å²) >= 11 is 6.93. The van der Waals surface area contributed by atoms with Crippen LogP contribution in [0.5, 0.6) is 5.75 Å². The number of aromatic nitrogens is 1. The number of hydrogen-bond donors (Lipinski definition) is 2. The van der Waals surface area contributed by atoms with E-state index in [9.17, 15) is 4.79 Å². The third kappa shape index (κ3) is 5.14. The van der Waals surface area contributed by atoms with Gasteiger partial charge in [0.25, 0.3) is 0 Å². The molecule has 1 aromatic heterocycles. The maximum Gasteiger partial charge on any atom is 0.250 e. The first-order chi connectivity index (χ1) is 15.1. The van der Waals surface area contributed by atoms with Crippen molar-refractivity contribution in [1.82, 2.24) is 10.3 Å². The Morgan fingerprint density at radius 2 is 1.84 bits per heavy atom. The van der Waals surface area contributed by atoms with E-state index in [2.05, 4.69) is 10.6 Å². The fourth-order valence-electron chi connectivity index (χ4n) is 2.98. The number of para-hydroxylation sites is 1. The molecule has 0 spiro atoms. The summed E-state index contributed by atoms with van der Waals surface area (Å²) in [4.78, 5) is 16.9. The number of thiocarbonyl (C=S) groups is 1. The van der Waals surface area contributed by atoms with E-state index in [4.69, 9.17) is 21.9 Å². The van der Waals surface area contributed by atoms with E-state index < -0.39 is 0 Å². The van der Waals surface area contributed by atoms with Crippen LogP contribution in [-0.4, -0.2) is 23.1 Å². The molecule has 0 unspecified atom stereocenters. The number of thiazole rings is 1. The fraction of sp³-hybridized carbons (Fsp3) is 0.0417. The Balaban J connectivity index is 1.49. The molecule has 0 saturated carbocycles. The maximum absolute atomic E-state index is 12.2. The standard InChI is InChI=1S/C24H19N3O2S2/c1-29-20-13-12-17(23-25-18-9-5-6-10-21(18)31-23)15-19(20)26-24(30)27-22(28)14-11-16-7-3-2-4-8-16/h2-15H,1H3,(H2,26,27,28,30). The zero-order valence-electron chi connectivity index (χ0n) is 16.7. The zero-order valence-corrected chi connectivity index (χ0v) is 18.3. The smallest absolute Gasteiger partial charge is 0.250 e. The molecule has 0 fully saturated rings. The summed E-state index contributed by atoms with van der Waals surface area (Å²) in [6.07, 6.45) is 3.17. The van der Waals surface area contributed by atoms with Gasteiger partial charge < -0.3 is 10.1 Å². The zero-order chi connectivity index (χ0) is 21.6. The lowest BCUT2D eigenvalue weighted by Crippen LogP contribution is -2.32. The van der Waals surface area contributed by atoms with Gasteiger partial charge in [-0.05, 0) is 54.2 Å². The highest BCUT2D eigenvalue weighted by atomic mass is 32.1. The SMILES string of the molecule is COc1ccc(-c2nc3ccccc3s2)cc1NC(=S)NC(=O)C=Cc1ccccc1. The van der Waals surface area contributed by atoms with Crippen LogP contribution in [0, 0.1) is 0 Å². The number of carbonyl (C=O) groups excluding carboxylic acids is 1. The molecule has 0 radical (unpaired) electrons. The number of anilines is 1. The Kier molecular flexibility index (Phi) is 6.35. The number of nitrogens with one attached hydrogen (secondary N) is 2. The highest BCUT2D eigenvalue weighted by Gasteiger charge is 2.12. The molecule has 1 amide bonds. The van der Waals surface area contributed by atoms with Crippen molar-refractivity contribution in [2.24, 2.45) is 0 Å². The van der Waals surface area contributed by atoms with E-state index in [0.717, 1.165) is 26.4 Å². The van der Waals surface area contributed by atoms with Crippen molar-refractivity contribution in [2.75, 3.05) is 12.4 Å². The molecule has 31 heavy (non-hydrogen) atoms. The summed E-state index contributed by atoms with van der Waals surface area (Å²) in [7, 11) is 1.59. The van der Waals surface area contributed by atoms with Crippen molar-refractivity contribution < 1.29 is 9.53 Å². The summed E-state index contributed by atoms with van der Waals surface area (Å²) in [5.41, 5.74) is 3.47. The molecule has 0 saturated heterocycles. The molecular weight excluding hydrogens is 426 g/mol. The monoisotopic (exact) mass is 445 g/mol. The van der Waals surface area contributed by atoms with Crippen molar-refractivity contribution >= 4 is 56.6 Å². The van der Waals surface area contributed by atoms with Crippen molar-refractivity contribution in [3.8, 4) is 16.3 Å². The van der Waals surface area contributed by atoms with Gasteiger partial charge in [0.2, 0.25) is 5.91 Å². The van der Waals surface area contributed by atoms with Gasteiger partial charge in [0.1, 0.15) is 10.8 Å².